The van der Waals surface area contributed by atoms with Crippen LogP contribution in [0.3, 0.4) is 0 Å². The molecular formula is C19H18ClF3N4O2. The van der Waals surface area contributed by atoms with Crippen LogP contribution in [-0.4, -0.2) is 33.8 Å². The third-order valence-electron chi connectivity index (χ3n) is 4.62. The summed E-state index contributed by atoms with van der Waals surface area (Å²) in [4.78, 5) is 24.1. The number of alkyl halides is 2. The standard InChI is InChI=1S/C19H18ClF3N4O2/c1-18(7-15(19(2,22)23)29-17(24)27-18)12-5-10(8-26-16(12)21)6-14(28)13-4-3-11(20)9-25-13/h3-5,8-9,15H,6-7H2,1-2H3,(H2,24,27)/t15-,18-/m0/s1. The second kappa shape index (κ2) is 7.62. The molecule has 2 aromatic rings. The molecule has 10 heteroatoms. The van der Waals surface area contributed by atoms with Crippen LogP contribution in [-0.2, 0) is 16.7 Å². The van der Waals surface area contributed by atoms with E-state index in [4.69, 9.17) is 22.1 Å². The minimum atomic E-state index is -3.21. The van der Waals surface area contributed by atoms with Gasteiger partial charge in [-0.05, 0) is 30.7 Å². The van der Waals surface area contributed by atoms with E-state index in [2.05, 4.69) is 15.0 Å². The Balaban J connectivity index is 1.91. The van der Waals surface area contributed by atoms with Gasteiger partial charge < -0.3 is 10.5 Å². The quantitative estimate of drug-likeness (QED) is 0.582. The van der Waals surface area contributed by atoms with Gasteiger partial charge in [0.15, 0.2) is 11.9 Å². The molecule has 29 heavy (non-hydrogen) atoms. The molecule has 0 spiro atoms. The van der Waals surface area contributed by atoms with E-state index in [1.54, 1.807) is 0 Å². The lowest BCUT2D eigenvalue weighted by Gasteiger charge is -2.37. The van der Waals surface area contributed by atoms with Crippen molar-refractivity contribution in [3.05, 3.63) is 58.4 Å². The number of hydrogen-bond donors (Lipinski definition) is 1. The molecule has 2 aromatic heterocycles. The summed E-state index contributed by atoms with van der Waals surface area (Å²) < 4.78 is 47.0. The van der Waals surface area contributed by atoms with Gasteiger partial charge in [-0.3, -0.25) is 9.78 Å². The number of aliphatic imine (C=N–C) groups is 1. The van der Waals surface area contributed by atoms with Crippen LogP contribution >= 0.6 is 11.6 Å². The Morgan fingerprint density at radius 2 is 2.10 bits per heavy atom. The van der Waals surface area contributed by atoms with Gasteiger partial charge in [-0.15, -0.1) is 0 Å². The molecule has 0 fully saturated rings. The Morgan fingerprint density at radius 3 is 2.72 bits per heavy atom. The van der Waals surface area contributed by atoms with Crippen molar-refractivity contribution in [2.24, 2.45) is 10.7 Å². The molecule has 6 nitrogen and oxygen atoms in total. The number of pyridine rings is 2. The summed E-state index contributed by atoms with van der Waals surface area (Å²) in [6.07, 6.45) is 0.538. The number of amidine groups is 1. The maximum absolute atomic E-state index is 14.5. The van der Waals surface area contributed by atoms with E-state index in [1.165, 1.54) is 37.5 Å². The Hall–Kier alpha value is -2.68. The average molecular weight is 427 g/mol. The predicted molar refractivity (Wildman–Crippen MR) is 101 cm³/mol. The Morgan fingerprint density at radius 1 is 1.38 bits per heavy atom. The molecule has 0 saturated carbocycles. The third kappa shape index (κ3) is 4.67. The first-order chi connectivity index (χ1) is 13.5. The fourth-order valence-electron chi connectivity index (χ4n) is 3.10. The summed E-state index contributed by atoms with van der Waals surface area (Å²) in [6.45, 7) is 2.16. The molecule has 0 radical (unpaired) electrons. The molecule has 0 bridgehead atoms. The molecule has 3 rings (SSSR count). The van der Waals surface area contributed by atoms with Crippen molar-refractivity contribution in [1.29, 1.82) is 0 Å². The number of rotatable bonds is 5. The summed E-state index contributed by atoms with van der Waals surface area (Å²) in [5.41, 5.74) is 4.66. The lowest BCUT2D eigenvalue weighted by Crippen LogP contribution is -2.46. The summed E-state index contributed by atoms with van der Waals surface area (Å²) in [5.74, 6) is -4.43. The molecule has 154 valence electrons. The van der Waals surface area contributed by atoms with E-state index < -0.39 is 29.5 Å². The summed E-state index contributed by atoms with van der Waals surface area (Å²) in [5, 5.41) is 0.387. The molecule has 2 atom stereocenters. The number of hydrogen-bond acceptors (Lipinski definition) is 6. The SMILES string of the molecule is CC(F)(F)[C@@H]1C[C@@](C)(c2cc(CC(=O)c3ccc(Cl)cn3)cnc2F)N=C(N)O1. The van der Waals surface area contributed by atoms with E-state index in [-0.39, 0.29) is 29.9 Å². The van der Waals surface area contributed by atoms with Crippen LogP contribution in [0.2, 0.25) is 5.02 Å². The van der Waals surface area contributed by atoms with E-state index in [0.717, 1.165) is 0 Å². The van der Waals surface area contributed by atoms with Gasteiger partial charge in [0.05, 0.1) is 10.6 Å². The number of carbonyl (C=O) groups excluding carboxylic acids is 1. The number of carbonyl (C=O) groups is 1. The first kappa shape index (κ1) is 21.0. The molecule has 1 aliphatic heterocycles. The molecule has 0 saturated heterocycles. The van der Waals surface area contributed by atoms with Crippen molar-refractivity contribution in [3.63, 3.8) is 0 Å². The minimum Gasteiger partial charge on any atom is -0.456 e. The second-order valence-corrected chi connectivity index (χ2v) is 7.57. The molecule has 3 heterocycles. The normalized spacial score (nSPS) is 22.0. The zero-order chi connectivity index (χ0) is 21.4. The van der Waals surface area contributed by atoms with Crippen LogP contribution in [0.1, 0.15) is 41.9 Å². The molecule has 0 unspecified atom stereocenters. The highest BCUT2D eigenvalue weighted by atomic mass is 35.5. The first-order valence-corrected chi connectivity index (χ1v) is 9.05. The molecular weight excluding hydrogens is 409 g/mol. The zero-order valence-electron chi connectivity index (χ0n) is 15.6. The van der Waals surface area contributed by atoms with Gasteiger partial charge >= 0.3 is 0 Å². The maximum atomic E-state index is 14.5. The highest BCUT2D eigenvalue weighted by molar-refractivity contribution is 6.30. The van der Waals surface area contributed by atoms with Gasteiger partial charge in [0, 0.05) is 37.7 Å². The van der Waals surface area contributed by atoms with E-state index in [9.17, 15) is 18.0 Å². The summed E-state index contributed by atoms with van der Waals surface area (Å²) in [6, 6.07) is 3.92. The fourth-order valence-corrected chi connectivity index (χ4v) is 3.21. The van der Waals surface area contributed by atoms with Crippen molar-refractivity contribution >= 4 is 23.4 Å². The summed E-state index contributed by atoms with van der Waals surface area (Å²) >= 11 is 5.76. The smallest absolute Gasteiger partial charge is 0.283 e. The topological polar surface area (TPSA) is 90.5 Å². The molecule has 0 amide bonds. The van der Waals surface area contributed by atoms with Gasteiger partial charge in [0.2, 0.25) is 5.95 Å². The molecule has 0 aromatic carbocycles. The largest absolute Gasteiger partial charge is 0.456 e. The van der Waals surface area contributed by atoms with Crippen LogP contribution in [0.4, 0.5) is 13.2 Å². The van der Waals surface area contributed by atoms with E-state index in [1.807, 2.05) is 0 Å². The van der Waals surface area contributed by atoms with Crippen molar-refractivity contribution in [1.82, 2.24) is 9.97 Å². The van der Waals surface area contributed by atoms with Crippen LogP contribution in [0.5, 0.6) is 0 Å². The van der Waals surface area contributed by atoms with Crippen LogP contribution in [0, 0.1) is 5.95 Å². The van der Waals surface area contributed by atoms with Gasteiger partial charge in [-0.1, -0.05) is 11.6 Å². The fraction of sp³-hybridized carbons (Fsp3) is 0.368. The van der Waals surface area contributed by atoms with Gasteiger partial charge in [-0.2, -0.15) is 4.39 Å². The van der Waals surface area contributed by atoms with Crippen molar-refractivity contribution in [3.8, 4) is 0 Å². The monoisotopic (exact) mass is 426 g/mol. The highest BCUT2D eigenvalue weighted by Crippen LogP contribution is 2.40. The van der Waals surface area contributed by atoms with Crippen LogP contribution in [0.25, 0.3) is 0 Å². The van der Waals surface area contributed by atoms with Gasteiger partial charge in [-0.25, -0.2) is 18.8 Å². The van der Waals surface area contributed by atoms with Gasteiger partial charge in [0.25, 0.3) is 11.9 Å². The number of halogens is 4. The minimum absolute atomic E-state index is 0.0487. The second-order valence-electron chi connectivity index (χ2n) is 7.13. The Kier molecular flexibility index (Phi) is 5.53. The third-order valence-corrected chi connectivity index (χ3v) is 4.85. The average Bonchev–Trinajstić information content (AvgIpc) is 2.62. The number of Topliss-reactive ketones (excluding diaryl/α,β-unsaturated/α-hetero) is 1. The number of ketones is 1. The Labute approximate surface area is 170 Å². The number of aromatic nitrogens is 2. The van der Waals surface area contributed by atoms with Crippen molar-refractivity contribution < 1.29 is 22.7 Å². The van der Waals surface area contributed by atoms with E-state index >= 15 is 0 Å². The van der Waals surface area contributed by atoms with Crippen LogP contribution in [0.15, 0.2) is 35.6 Å². The predicted octanol–water partition coefficient (Wildman–Crippen LogP) is 3.67. The zero-order valence-corrected chi connectivity index (χ0v) is 16.4. The van der Waals surface area contributed by atoms with Gasteiger partial charge in [0.1, 0.15) is 5.69 Å². The lowest BCUT2D eigenvalue weighted by atomic mass is 9.84. The molecule has 1 aliphatic rings. The van der Waals surface area contributed by atoms with Crippen LogP contribution < -0.4 is 5.73 Å². The number of nitrogens with two attached hydrogens (primary N) is 1. The molecule has 0 aliphatic carbocycles. The number of ether oxygens (including phenoxy) is 1. The first-order valence-electron chi connectivity index (χ1n) is 8.67. The van der Waals surface area contributed by atoms with E-state index in [0.29, 0.717) is 17.5 Å². The summed E-state index contributed by atoms with van der Waals surface area (Å²) in [7, 11) is 0. The number of nitrogens with zero attached hydrogens (tertiary/aromatic N) is 3. The van der Waals surface area contributed by atoms with Crippen molar-refractivity contribution in [2.75, 3.05) is 0 Å². The highest BCUT2D eigenvalue weighted by Gasteiger charge is 2.46. The van der Waals surface area contributed by atoms with Crippen molar-refractivity contribution in [2.45, 2.75) is 44.3 Å². The maximum Gasteiger partial charge on any atom is 0.283 e. The molecule has 2 N–H and O–H groups in total. The lowest BCUT2D eigenvalue weighted by molar-refractivity contribution is -0.103. The Bertz CT molecular complexity index is 963.